The molecule has 0 aliphatic carbocycles. The number of nitrogens with zero attached hydrogens (tertiary/aromatic N) is 1. The van der Waals surface area contributed by atoms with Crippen LogP contribution < -0.4 is 5.73 Å². The largest absolute Gasteiger partial charge is 0.330 e. The zero-order valence-corrected chi connectivity index (χ0v) is 16.7. The molecule has 3 rings (SSSR count). The maximum absolute atomic E-state index is 6.01. The first kappa shape index (κ1) is 18.3. The molecule has 1 saturated heterocycles. The molecule has 0 spiro atoms. The minimum absolute atomic E-state index is 0.671. The molecule has 0 radical (unpaired) electrons. The third-order valence-electron chi connectivity index (χ3n) is 4.42. The Balaban J connectivity index is 1.59. The summed E-state index contributed by atoms with van der Waals surface area (Å²) in [5, 5.41) is 0.763. The van der Waals surface area contributed by atoms with Gasteiger partial charge in [0, 0.05) is 33.2 Å². The van der Waals surface area contributed by atoms with Crippen molar-refractivity contribution in [3.05, 3.63) is 63.1 Å². The highest BCUT2D eigenvalue weighted by atomic mass is 79.9. The van der Waals surface area contributed by atoms with E-state index >= 15 is 0 Å². The van der Waals surface area contributed by atoms with E-state index in [1.807, 2.05) is 23.9 Å². The second-order valence-corrected chi connectivity index (χ2v) is 8.64. The van der Waals surface area contributed by atoms with E-state index in [9.17, 15) is 0 Å². The molecule has 0 amide bonds. The van der Waals surface area contributed by atoms with Crippen LogP contribution in [0.25, 0.3) is 0 Å². The molecule has 1 atom stereocenters. The van der Waals surface area contributed by atoms with Crippen LogP contribution in [0.15, 0.2) is 51.8 Å². The molecule has 0 bridgehead atoms. The van der Waals surface area contributed by atoms with Gasteiger partial charge >= 0.3 is 0 Å². The van der Waals surface area contributed by atoms with Gasteiger partial charge in [-0.2, -0.15) is 0 Å². The smallest absolute Gasteiger partial charge is 0.0417 e. The molecule has 2 aromatic rings. The number of likely N-dealkylation sites (tertiary alicyclic amines) is 1. The number of rotatable bonds is 6. The van der Waals surface area contributed by atoms with Gasteiger partial charge in [-0.05, 0) is 60.8 Å². The van der Waals surface area contributed by atoms with Crippen LogP contribution in [0.1, 0.15) is 17.5 Å². The topological polar surface area (TPSA) is 29.3 Å². The van der Waals surface area contributed by atoms with Crippen molar-refractivity contribution in [3.63, 3.8) is 0 Å². The minimum Gasteiger partial charge on any atom is -0.330 e. The molecule has 1 fully saturated rings. The molecule has 128 valence electrons. The Bertz CT molecular complexity index is 695. The number of hydrogen-bond acceptors (Lipinski definition) is 3. The Morgan fingerprint density at radius 3 is 2.88 bits per heavy atom. The van der Waals surface area contributed by atoms with E-state index < -0.39 is 0 Å². The van der Waals surface area contributed by atoms with Gasteiger partial charge in [0.15, 0.2) is 0 Å². The van der Waals surface area contributed by atoms with Gasteiger partial charge in [-0.1, -0.05) is 45.7 Å². The molecule has 1 heterocycles. The van der Waals surface area contributed by atoms with Gasteiger partial charge in [-0.15, -0.1) is 11.8 Å². The number of thioether (sulfide) groups is 1. The van der Waals surface area contributed by atoms with E-state index in [2.05, 4.69) is 51.2 Å². The lowest BCUT2D eigenvalue weighted by molar-refractivity contribution is 0.317. The van der Waals surface area contributed by atoms with E-state index in [1.54, 1.807) is 0 Å². The average molecular weight is 426 g/mol. The predicted molar refractivity (Wildman–Crippen MR) is 108 cm³/mol. The highest BCUT2D eigenvalue weighted by Crippen LogP contribution is 2.29. The lowest BCUT2D eigenvalue weighted by Crippen LogP contribution is -2.22. The van der Waals surface area contributed by atoms with Crippen molar-refractivity contribution in [2.45, 2.75) is 23.6 Å². The van der Waals surface area contributed by atoms with E-state index in [4.69, 9.17) is 17.3 Å². The van der Waals surface area contributed by atoms with Gasteiger partial charge in [-0.3, -0.25) is 4.90 Å². The molecular formula is C19H22BrClN2S. The van der Waals surface area contributed by atoms with Crippen molar-refractivity contribution in [2.75, 3.05) is 19.6 Å². The van der Waals surface area contributed by atoms with Gasteiger partial charge in [0.05, 0.1) is 0 Å². The van der Waals surface area contributed by atoms with Crippen LogP contribution in [-0.2, 0) is 12.3 Å². The predicted octanol–water partition coefficient (Wildman–Crippen LogP) is 5.18. The Kier molecular flexibility index (Phi) is 6.64. The van der Waals surface area contributed by atoms with Crippen LogP contribution in [0.5, 0.6) is 0 Å². The fraction of sp³-hybridized carbons (Fsp3) is 0.368. The average Bonchev–Trinajstić information content (AvgIpc) is 3.02. The highest BCUT2D eigenvalue weighted by molar-refractivity contribution is 9.10. The fourth-order valence-corrected chi connectivity index (χ4v) is 5.03. The van der Waals surface area contributed by atoms with E-state index in [1.165, 1.54) is 22.4 Å². The SMILES string of the molecule is NCC1CCN(Cc2cccc(SCc3ccc(Cl)cc3Br)c2)C1. The number of halogens is 2. The van der Waals surface area contributed by atoms with Crippen LogP contribution in [0, 0.1) is 5.92 Å². The quantitative estimate of drug-likeness (QED) is 0.647. The normalized spacial score (nSPS) is 18.2. The molecule has 2 nitrogen and oxygen atoms in total. The summed E-state index contributed by atoms with van der Waals surface area (Å²) in [5.41, 5.74) is 8.43. The molecule has 1 unspecified atom stereocenters. The zero-order chi connectivity index (χ0) is 16.9. The molecule has 2 aromatic carbocycles. The van der Waals surface area contributed by atoms with Crippen LogP contribution in [0.4, 0.5) is 0 Å². The summed E-state index contributed by atoms with van der Waals surface area (Å²) in [7, 11) is 0. The third-order valence-corrected chi connectivity index (χ3v) is 6.43. The first-order chi connectivity index (χ1) is 11.6. The molecule has 24 heavy (non-hydrogen) atoms. The second-order valence-electron chi connectivity index (χ2n) is 6.30. The standard InChI is InChI=1S/C19H22BrClN2S/c20-19-9-17(21)5-4-16(19)13-24-18-3-1-2-14(8-18)11-23-7-6-15(10-22)12-23/h1-5,8-9,15H,6-7,10-13,22H2. The lowest BCUT2D eigenvalue weighted by atomic mass is 10.1. The van der Waals surface area contributed by atoms with Gasteiger partial charge in [0.2, 0.25) is 0 Å². The summed E-state index contributed by atoms with van der Waals surface area (Å²) in [6.45, 7) is 4.13. The maximum atomic E-state index is 6.01. The zero-order valence-electron chi connectivity index (χ0n) is 13.6. The van der Waals surface area contributed by atoms with E-state index in [-0.39, 0.29) is 0 Å². The Labute approximate surface area is 161 Å². The van der Waals surface area contributed by atoms with E-state index in [0.717, 1.165) is 41.4 Å². The summed E-state index contributed by atoms with van der Waals surface area (Å²) < 4.78 is 1.07. The Hall–Kier alpha value is -0.520. The maximum Gasteiger partial charge on any atom is 0.0417 e. The fourth-order valence-electron chi connectivity index (χ4n) is 3.04. The van der Waals surface area contributed by atoms with Crippen molar-refractivity contribution in [3.8, 4) is 0 Å². The second kappa shape index (κ2) is 8.72. The molecule has 0 saturated carbocycles. The van der Waals surface area contributed by atoms with Gasteiger partial charge in [-0.25, -0.2) is 0 Å². The molecule has 2 N–H and O–H groups in total. The van der Waals surface area contributed by atoms with Gasteiger partial charge < -0.3 is 5.73 Å². The van der Waals surface area contributed by atoms with Crippen LogP contribution in [-0.4, -0.2) is 24.5 Å². The van der Waals surface area contributed by atoms with Crippen molar-refractivity contribution < 1.29 is 0 Å². The molecular weight excluding hydrogens is 404 g/mol. The highest BCUT2D eigenvalue weighted by Gasteiger charge is 2.20. The monoisotopic (exact) mass is 424 g/mol. The Morgan fingerprint density at radius 2 is 2.12 bits per heavy atom. The van der Waals surface area contributed by atoms with Crippen LogP contribution >= 0.6 is 39.3 Å². The summed E-state index contributed by atoms with van der Waals surface area (Å²) >= 11 is 11.5. The van der Waals surface area contributed by atoms with Crippen molar-refractivity contribution in [1.29, 1.82) is 0 Å². The lowest BCUT2D eigenvalue weighted by Gasteiger charge is -2.16. The van der Waals surface area contributed by atoms with Crippen molar-refractivity contribution >= 4 is 39.3 Å². The number of benzene rings is 2. The number of nitrogens with two attached hydrogens (primary N) is 1. The van der Waals surface area contributed by atoms with Crippen molar-refractivity contribution in [2.24, 2.45) is 11.7 Å². The van der Waals surface area contributed by atoms with E-state index in [0.29, 0.717) is 5.92 Å². The first-order valence-electron chi connectivity index (χ1n) is 8.22. The summed E-state index contributed by atoms with van der Waals surface area (Å²) in [4.78, 5) is 3.82. The van der Waals surface area contributed by atoms with Crippen molar-refractivity contribution in [1.82, 2.24) is 4.90 Å². The Morgan fingerprint density at radius 1 is 1.25 bits per heavy atom. The van der Waals surface area contributed by atoms with Crippen LogP contribution in [0.3, 0.4) is 0 Å². The van der Waals surface area contributed by atoms with Gasteiger partial charge in [0.1, 0.15) is 0 Å². The van der Waals surface area contributed by atoms with Gasteiger partial charge in [0.25, 0.3) is 0 Å². The number of hydrogen-bond donors (Lipinski definition) is 1. The third kappa shape index (κ3) is 4.99. The first-order valence-corrected chi connectivity index (χ1v) is 10.4. The summed E-state index contributed by atoms with van der Waals surface area (Å²) in [6, 6.07) is 14.9. The summed E-state index contributed by atoms with van der Waals surface area (Å²) in [6.07, 6.45) is 1.23. The molecule has 1 aliphatic heterocycles. The minimum atomic E-state index is 0.671. The molecule has 1 aliphatic rings. The summed E-state index contributed by atoms with van der Waals surface area (Å²) in [5.74, 6) is 1.60. The molecule has 5 heteroatoms. The van der Waals surface area contributed by atoms with Crippen LogP contribution in [0.2, 0.25) is 5.02 Å². The molecule has 0 aromatic heterocycles.